The second kappa shape index (κ2) is 8.68. The van der Waals surface area contributed by atoms with Crippen molar-refractivity contribution in [3.8, 4) is 11.1 Å². The van der Waals surface area contributed by atoms with E-state index in [1.54, 1.807) is 6.33 Å². The first-order chi connectivity index (χ1) is 19.1. The first-order valence-electron chi connectivity index (χ1n) is 14.0. The standard InChI is InChI=1S/C32H30ClN5O/c1-19-16-38(19)32(39)30-17-36(31-26-14-24(20-9-10-20)27(33)15-28(26)34-18-35-31)11-12-37(30)29-8-4-7-23-22-6-3-2-5-21(22)13-25(23)29/h2-8,14-15,18-20,30H,9-13,16-17H2,1H3. The summed E-state index contributed by atoms with van der Waals surface area (Å²) in [7, 11) is 0. The van der Waals surface area contributed by atoms with Gasteiger partial charge in [0.25, 0.3) is 0 Å². The van der Waals surface area contributed by atoms with Crippen molar-refractivity contribution in [1.82, 2.24) is 14.9 Å². The van der Waals surface area contributed by atoms with Gasteiger partial charge in [-0.25, -0.2) is 9.97 Å². The smallest absolute Gasteiger partial charge is 0.247 e. The third kappa shape index (κ3) is 3.80. The molecular formula is C32H30ClN5O. The molecule has 2 aliphatic carbocycles. The van der Waals surface area contributed by atoms with Crippen LogP contribution >= 0.6 is 11.6 Å². The van der Waals surface area contributed by atoms with Gasteiger partial charge < -0.3 is 14.7 Å². The molecule has 1 aromatic heterocycles. The predicted octanol–water partition coefficient (Wildman–Crippen LogP) is 5.66. The number of carbonyl (C=O) groups excluding carboxylic acids is 1. The number of hydrogen-bond donors (Lipinski definition) is 0. The molecule has 0 spiro atoms. The van der Waals surface area contributed by atoms with Crippen molar-refractivity contribution in [2.75, 3.05) is 36.0 Å². The van der Waals surface area contributed by atoms with Gasteiger partial charge in [-0.15, -0.1) is 0 Å². The van der Waals surface area contributed by atoms with E-state index in [4.69, 9.17) is 16.6 Å². The summed E-state index contributed by atoms with van der Waals surface area (Å²) in [5.74, 6) is 1.65. The van der Waals surface area contributed by atoms with Gasteiger partial charge in [-0.2, -0.15) is 0 Å². The van der Waals surface area contributed by atoms with Gasteiger partial charge in [-0.3, -0.25) is 4.79 Å². The number of carbonyl (C=O) groups is 1. The van der Waals surface area contributed by atoms with Crippen LogP contribution in [0.2, 0.25) is 5.02 Å². The van der Waals surface area contributed by atoms with Crippen LogP contribution in [0.5, 0.6) is 0 Å². The van der Waals surface area contributed by atoms with Gasteiger partial charge in [0.2, 0.25) is 5.91 Å². The molecule has 0 radical (unpaired) electrons. The zero-order chi connectivity index (χ0) is 26.2. The number of rotatable bonds is 4. The van der Waals surface area contributed by atoms with Crippen LogP contribution in [-0.4, -0.2) is 59.0 Å². The molecule has 3 heterocycles. The molecule has 196 valence electrons. The minimum Gasteiger partial charge on any atom is -0.356 e. The van der Waals surface area contributed by atoms with Crippen LogP contribution in [0.15, 0.2) is 60.9 Å². The molecule has 2 aliphatic heterocycles. The van der Waals surface area contributed by atoms with Crippen LogP contribution in [0.25, 0.3) is 22.0 Å². The van der Waals surface area contributed by atoms with E-state index in [1.165, 1.54) is 46.3 Å². The number of halogens is 1. The summed E-state index contributed by atoms with van der Waals surface area (Å²) in [6, 6.07) is 19.4. The number of benzene rings is 3. The molecule has 39 heavy (non-hydrogen) atoms. The summed E-state index contributed by atoms with van der Waals surface area (Å²) in [4.78, 5) is 29.9. The average molecular weight is 536 g/mol. The number of piperazine rings is 1. The normalized spacial score (nSPS) is 21.7. The van der Waals surface area contributed by atoms with Gasteiger partial charge in [0.05, 0.1) is 5.52 Å². The highest BCUT2D eigenvalue weighted by Gasteiger charge is 2.43. The number of hydrogen-bond acceptors (Lipinski definition) is 5. The maximum absolute atomic E-state index is 13.9. The van der Waals surface area contributed by atoms with Crippen LogP contribution in [0.3, 0.4) is 0 Å². The molecule has 4 aromatic rings. The van der Waals surface area contributed by atoms with Gasteiger partial charge in [0.1, 0.15) is 18.2 Å². The highest BCUT2D eigenvalue weighted by molar-refractivity contribution is 6.32. The second-order valence-electron chi connectivity index (χ2n) is 11.5. The number of fused-ring (bicyclic) bond motifs is 4. The van der Waals surface area contributed by atoms with Gasteiger partial charge >= 0.3 is 0 Å². The van der Waals surface area contributed by atoms with Crippen LogP contribution < -0.4 is 9.80 Å². The molecule has 2 unspecified atom stereocenters. The Morgan fingerprint density at radius 3 is 2.62 bits per heavy atom. The Morgan fingerprint density at radius 1 is 0.974 bits per heavy atom. The van der Waals surface area contributed by atoms with Crippen LogP contribution in [0, 0.1) is 0 Å². The van der Waals surface area contributed by atoms with Crippen molar-refractivity contribution < 1.29 is 4.79 Å². The predicted molar refractivity (Wildman–Crippen MR) is 156 cm³/mol. The van der Waals surface area contributed by atoms with Crippen molar-refractivity contribution >= 4 is 39.9 Å². The summed E-state index contributed by atoms with van der Waals surface area (Å²) in [5, 5.41) is 1.82. The van der Waals surface area contributed by atoms with Crippen molar-refractivity contribution in [2.24, 2.45) is 0 Å². The number of anilines is 2. The molecule has 7 heteroatoms. The quantitative estimate of drug-likeness (QED) is 0.278. The monoisotopic (exact) mass is 535 g/mol. The zero-order valence-corrected chi connectivity index (χ0v) is 22.7. The fourth-order valence-corrected chi connectivity index (χ4v) is 6.97. The molecule has 0 bridgehead atoms. The second-order valence-corrected chi connectivity index (χ2v) is 11.9. The fourth-order valence-electron chi connectivity index (χ4n) is 6.66. The van der Waals surface area contributed by atoms with E-state index >= 15 is 0 Å². The topological polar surface area (TPSA) is 52.3 Å². The van der Waals surface area contributed by atoms with Gasteiger partial charge in [-0.05, 0) is 71.7 Å². The molecule has 4 aliphatic rings. The molecular weight excluding hydrogens is 506 g/mol. The molecule has 8 rings (SSSR count). The Morgan fingerprint density at radius 2 is 1.79 bits per heavy atom. The first kappa shape index (κ1) is 23.3. The van der Waals surface area contributed by atoms with E-state index in [2.05, 4.69) is 70.2 Å². The minimum atomic E-state index is -0.279. The number of aromatic nitrogens is 2. The lowest BCUT2D eigenvalue weighted by molar-refractivity contribution is -0.127. The van der Waals surface area contributed by atoms with E-state index in [0.717, 1.165) is 47.8 Å². The summed E-state index contributed by atoms with van der Waals surface area (Å²) in [5.41, 5.74) is 8.54. The minimum absolute atomic E-state index is 0.209. The van der Waals surface area contributed by atoms with E-state index in [1.807, 2.05) is 11.0 Å². The molecule has 1 saturated carbocycles. The highest BCUT2D eigenvalue weighted by atomic mass is 35.5. The van der Waals surface area contributed by atoms with Gasteiger partial charge in [0.15, 0.2) is 0 Å². The largest absolute Gasteiger partial charge is 0.356 e. The molecule has 3 fully saturated rings. The summed E-state index contributed by atoms with van der Waals surface area (Å²) < 4.78 is 0. The van der Waals surface area contributed by atoms with E-state index < -0.39 is 0 Å². The highest BCUT2D eigenvalue weighted by Crippen LogP contribution is 2.46. The Labute approximate surface area is 233 Å². The maximum Gasteiger partial charge on any atom is 0.247 e. The Kier molecular flexibility index (Phi) is 5.18. The third-order valence-electron chi connectivity index (χ3n) is 8.99. The van der Waals surface area contributed by atoms with Crippen molar-refractivity contribution in [3.05, 3.63) is 82.6 Å². The fraction of sp³-hybridized carbons (Fsp3) is 0.344. The van der Waals surface area contributed by atoms with Crippen LogP contribution in [-0.2, 0) is 11.2 Å². The van der Waals surface area contributed by atoms with Crippen molar-refractivity contribution in [2.45, 2.75) is 44.2 Å². The molecule has 3 aromatic carbocycles. The lowest BCUT2D eigenvalue weighted by Gasteiger charge is -2.43. The Balaban J connectivity index is 1.18. The molecule has 2 atom stereocenters. The summed E-state index contributed by atoms with van der Waals surface area (Å²) >= 11 is 6.63. The first-order valence-corrected chi connectivity index (χ1v) is 14.4. The van der Waals surface area contributed by atoms with Crippen LogP contribution in [0.4, 0.5) is 11.5 Å². The molecule has 2 saturated heterocycles. The molecule has 1 amide bonds. The number of amides is 1. The third-order valence-corrected chi connectivity index (χ3v) is 9.32. The van der Waals surface area contributed by atoms with E-state index in [0.29, 0.717) is 18.5 Å². The average Bonchev–Trinajstić information content (AvgIpc) is 3.89. The summed E-state index contributed by atoms with van der Waals surface area (Å²) in [6.07, 6.45) is 4.90. The van der Waals surface area contributed by atoms with Gasteiger partial charge in [-0.1, -0.05) is 48.0 Å². The van der Waals surface area contributed by atoms with Crippen LogP contribution in [0.1, 0.15) is 42.4 Å². The lowest BCUT2D eigenvalue weighted by atomic mass is 10.0. The van der Waals surface area contributed by atoms with Crippen molar-refractivity contribution in [3.63, 3.8) is 0 Å². The van der Waals surface area contributed by atoms with E-state index in [9.17, 15) is 4.79 Å². The Hall–Kier alpha value is -3.64. The number of nitrogens with zero attached hydrogens (tertiary/aromatic N) is 5. The molecule has 6 nitrogen and oxygen atoms in total. The Bertz CT molecular complexity index is 1650. The summed E-state index contributed by atoms with van der Waals surface area (Å²) in [6.45, 7) is 5.08. The van der Waals surface area contributed by atoms with E-state index in [-0.39, 0.29) is 11.9 Å². The lowest BCUT2D eigenvalue weighted by Crippen LogP contribution is -2.58. The maximum atomic E-state index is 13.9. The zero-order valence-electron chi connectivity index (χ0n) is 22.0. The van der Waals surface area contributed by atoms with Crippen molar-refractivity contribution in [1.29, 1.82) is 0 Å². The van der Waals surface area contributed by atoms with Gasteiger partial charge in [0, 0.05) is 54.7 Å². The SMILES string of the molecule is CC1CN1C(=O)C1CN(c2ncnc3cc(Cl)c(C4CC4)cc23)CCN1c1cccc2c1Cc1ccccc1-2. The molecule has 0 N–H and O–H groups in total.